The van der Waals surface area contributed by atoms with Crippen molar-refractivity contribution in [2.45, 2.75) is 9.24 Å². The molecule has 0 aliphatic carbocycles. The van der Waals surface area contributed by atoms with E-state index in [1.807, 2.05) is 35.7 Å². The number of sulfonamides is 1. The molecule has 1 amide bonds. The molecule has 6 nitrogen and oxygen atoms in total. The molecule has 0 radical (unpaired) electrons. The van der Waals surface area contributed by atoms with Crippen LogP contribution in [0.4, 0.5) is 0 Å². The first kappa shape index (κ1) is 21.0. The van der Waals surface area contributed by atoms with Crippen molar-refractivity contribution in [2.75, 3.05) is 31.9 Å². The molecule has 9 heteroatoms. The largest absolute Gasteiger partial charge is 0.339 e. The van der Waals surface area contributed by atoms with Crippen LogP contribution in [0, 0.1) is 0 Å². The standard InChI is InChI=1S/C21H21N3O3S3/c25-20(16-29-21-22-19(15-28-21)17-7-3-1-4-8-17)23-11-13-24(14-12-23)30(26,27)18-9-5-2-6-10-18/h1-10,15H,11-14,16H2. The van der Waals surface area contributed by atoms with Crippen molar-refractivity contribution in [1.82, 2.24) is 14.2 Å². The Morgan fingerprint density at radius 2 is 1.60 bits per heavy atom. The second-order valence-corrected chi connectivity index (χ2v) is 10.8. The molecule has 0 spiro atoms. The first-order chi connectivity index (χ1) is 14.5. The summed E-state index contributed by atoms with van der Waals surface area (Å²) in [4.78, 5) is 19.2. The number of hydrogen-bond acceptors (Lipinski definition) is 6. The zero-order chi connectivity index (χ0) is 21.0. The molecule has 30 heavy (non-hydrogen) atoms. The van der Waals surface area contributed by atoms with Crippen LogP contribution in [0.25, 0.3) is 11.3 Å². The van der Waals surface area contributed by atoms with Crippen LogP contribution in [0.1, 0.15) is 0 Å². The van der Waals surface area contributed by atoms with Gasteiger partial charge in [-0.2, -0.15) is 4.31 Å². The van der Waals surface area contributed by atoms with E-state index in [0.29, 0.717) is 36.8 Å². The molecule has 1 fully saturated rings. The summed E-state index contributed by atoms with van der Waals surface area (Å²) in [5.41, 5.74) is 1.97. The van der Waals surface area contributed by atoms with Crippen LogP contribution in [0.5, 0.6) is 0 Å². The van der Waals surface area contributed by atoms with Gasteiger partial charge in [-0.15, -0.1) is 11.3 Å². The maximum absolute atomic E-state index is 12.7. The Bertz CT molecular complexity index is 1090. The average Bonchev–Trinajstić information content (AvgIpc) is 3.28. The van der Waals surface area contributed by atoms with E-state index < -0.39 is 10.0 Å². The summed E-state index contributed by atoms with van der Waals surface area (Å²) >= 11 is 2.95. The third kappa shape index (κ3) is 4.75. The number of thioether (sulfide) groups is 1. The van der Waals surface area contributed by atoms with Gasteiger partial charge in [0.2, 0.25) is 15.9 Å². The highest BCUT2D eigenvalue weighted by molar-refractivity contribution is 8.01. The summed E-state index contributed by atoms with van der Waals surface area (Å²) in [5.74, 6) is 0.306. The number of thiazole rings is 1. The molecule has 0 bridgehead atoms. The normalized spacial score (nSPS) is 15.3. The first-order valence-electron chi connectivity index (χ1n) is 9.51. The molecule has 4 rings (SSSR count). The van der Waals surface area contributed by atoms with Gasteiger partial charge in [-0.05, 0) is 12.1 Å². The lowest BCUT2D eigenvalue weighted by atomic mass is 10.2. The van der Waals surface area contributed by atoms with E-state index >= 15 is 0 Å². The molecule has 0 N–H and O–H groups in total. The van der Waals surface area contributed by atoms with E-state index in [1.54, 1.807) is 35.2 Å². The number of hydrogen-bond donors (Lipinski definition) is 0. The third-order valence-electron chi connectivity index (χ3n) is 4.84. The maximum Gasteiger partial charge on any atom is 0.243 e. The van der Waals surface area contributed by atoms with Gasteiger partial charge in [-0.1, -0.05) is 60.3 Å². The Morgan fingerprint density at radius 3 is 2.27 bits per heavy atom. The topological polar surface area (TPSA) is 70.6 Å². The molecule has 1 aliphatic heterocycles. The van der Waals surface area contributed by atoms with Crippen molar-refractivity contribution in [3.63, 3.8) is 0 Å². The molecule has 0 saturated carbocycles. The van der Waals surface area contributed by atoms with E-state index in [-0.39, 0.29) is 5.91 Å². The number of carbonyl (C=O) groups excluding carboxylic acids is 1. The fraction of sp³-hybridized carbons (Fsp3) is 0.238. The van der Waals surface area contributed by atoms with E-state index in [9.17, 15) is 13.2 Å². The average molecular weight is 460 g/mol. The smallest absolute Gasteiger partial charge is 0.243 e. The van der Waals surface area contributed by atoms with E-state index in [1.165, 1.54) is 27.4 Å². The van der Waals surface area contributed by atoms with E-state index in [2.05, 4.69) is 4.98 Å². The Balaban J connectivity index is 1.29. The van der Waals surface area contributed by atoms with Gasteiger partial charge in [0.05, 0.1) is 16.3 Å². The molecule has 0 atom stereocenters. The second kappa shape index (κ2) is 9.30. The number of amides is 1. The van der Waals surface area contributed by atoms with Gasteiger partial charge in [-0.3, -0.25) is 4.79 Å². The molecule has 2 aromatic carbocycles. The molecule has 2 heterocycles. The predicted molar refractivity (Wildman–Crippen MR) is 120 cm³/mol. The zero-order valence-corrected chi connectivity index (χ0v) is 18.6. The molecular weight excluding hydrogens is 438 g/mol. The predicted octanol–water partition coefficient (Wildman–Crippen LogP) is 3.44. The van der Waals surface area contributed by atoms with Crippen LogP contribution in [-0.4, -0.2) is 60.4 Å². The third-order valence-corrected chi connectivity index (χ3v) is 8.76. The second-order valence-electron chi connectivity index (χ2n) is 6.75. The minimum absolute atomic E-state index is 0.00761. The highest BCUT2D eigenvalue weighted by Crippen LogP contribution is 2.28. The van der Waals surface area contributed by atoms with Gasteiger partial charge in [0.1, 0.15) is 0 Å². The number of benzene rings is 2. The van der Waals surface area contributed by atoms with Crippen molar-refractivity contribution in [2.24, 2.45) is 0 Å². The zero-order valence-electron chi connectivity index (χ0n) is 16.2. The van der Waals surface area contributed by atoms with Crippen molar-refractivity contribution >= 4 is 39.0 Å². The highest BCUT2D eigenvalue weighted by Gasteiger charge is 2.29. The monoisotopic (exact) mass is 459 g/mol. The van der Waals surface area contributed by atoms with E-state index in [4.69, 9.17) is 0 Å². The number of nitrogens with zero attached hydrogens (tertiary/aromatic N) is 3. The fourth-order valence-corrected chi connectivity index (χ4v) is 6.38. The number of aromatic nitrogens is 1. The minimum atomic E-state index is -3.51. The van der Waals surface area contributed by atoms with Gasteiger partial charge in [-0.25, -0.2) is 13.4 Å². The molecule has 0 unspecified atom stereocenters. The number of rotatable bonds is 6. The lowest BCUT2D eigenvalue weighted by Crippen LogP contribution is -2.50. The highest BCUT2D eigenvalue weighted by atomic mass is 32.2. The molecule has 1 aromatic heterocycles. The van der Waals surface area contributed by atoms with Crippen LogP contribution >= 0.6 is 23.1 Å². The molecule has 1 saturated heterocycles. The lowest BCUT2D eigenvalue weighted by molar-refractivity contribution is -0.129. The maximum atomic E-state index is 12.7. The lowest BCUT2D eigenvalue weighted by Gasteiger charge is -2.34. The quantitative estimate of drug-likeness (QED) is 0.528. The molecule has 3 aromatic rings. The number of piperazine rings is 1. The molecule has 156 valence electrons. The van der Waals surface area contributed by atoms with Crippen LogP contribution < -0.4 is 0 Å². The van der Waals surface area contributed by atoms with Crippen molar-refractivity contribution in [3.05, 3.63) is 66.0 Å². The molecular formula is C21H21N3O3S3. The van der Waals surface area contributed by atoms with Crippen LogP contribution in [0.2, 0.25) is 0 Å². The Labute approximate surface area is 184 Å². The van der Waals surface area contributed by atoms with Gasteiger partial charge in [0.25, 0.3) is 0 Å². The first-order valence-corrected chi connectivity index (χ1v) is 12.8. The van der Waals surface area contributed by atoms with Crippen molar-refractivity contribution in [1.29, 1.82) is 0 Å². The Morgan fingerprint density at radius 1 is 0.967 bits per heavy atom. The van der Waals surface area contributed by atoms with Gasteiger partial charge >= 0.3 is 0 Å². The Kier molecular flexibility index (Phi) is 6.52. The van der Waals surface area contributed by atoms with Crippen LogP contribution in [0.15, 0.2) is 75.3 Å². The van der Waals surface area contributed by atoms with Crippen LogP contribution in [0.3, 0.4) is 0 Å². The van der Waals surface area contributed by atoms with Gasteiger partial charge < -0.3 is 4.90 Å². The van der Waals surface area contributed by atoms with Gasteiger partial charge in [0, 0.05) is 37.1 Å². The fourth-order valence-electron chi connectivity index (χ4n) is 3.20. The van der Waals surface area contributed by atoms with Crippen molar-refractivity contribution < 1.29 is 13.2 Å². The summed E-state index contributed by atoms with van der Waals surface area (Å²) in [6, 6.07) is 18.4. The Hall–Kier alpha value is -2.20. The number of carbonyl (C=O) groups is 1. The van der Waals surface area contributed by atoms with E-state index in [0.717, 1.165) is 15.6 Å². The summed E-state index contributed by atoms with van der Waals surface area (Å²) < 4.78 is 27.7. The summed E-state index contributed by atoms with van der Waals surface area (Å²) in [6.07, 6.45) is 0. The minimum Gasteiger partial charge on any atom is -0.339 e. The summed E-state index contributed by atoms with van der Waals surface area (Å²) in [5, 5.41) is 2.00. The molecule has 1 aliphatic rings. The van der Waals surface area contributed by atoms with Crippen molar-refractivity contribution in [3.8, 4) is 11.3 Å². The summed E-state index contributed by atoms with van der Waals surface area (Å²) in [6.45, 7) is 1.42. The summed E-state index contributed by atoms with van der Waals surface area (Å²) in [7, 11) is -3.51. The van der Waals surface area contributed by atoms with Gasteiger partial charge in [0.15, 0.2) is 4.34 Å². The SMILES string of the molecule is O=C(CSc1nc(-c2ccccc2)cs1)N1CCN(S(=O)(=O)c2ccccc2)CC1. The van der Waals surface area contributed by atoms with Crippen LogP contribution in [-0.2, 0) is 14.8 Å².